The molecule has 4 rings (SSSR count). The van der Waals surface area contributed by atoms with Gasteiger partial charge in [-0.15, -0.1) is 0 Å². The number of benzene rings is 2. The van der Waals surface area contributed by atoms with Gasteiger partial charge in [0.15, 0.2) is 5.78 Å². The van der Waals surface area contributed by atoms with E-state index in [0.717, 1.165) is 26.8 Å². The molecule has 1 fully saturated rings. The van der Waals surface area contributed by atoms with Crippen molar-refractivity contribution in [3.8, 4) is 17.7 Å². The highest BCUT2D eigenvalue weighted by molar-refractivity contribution is 8.26. The van der Waals surface area contributed by atoms with Crippen LogP contribution in [0.15, 0.2) is 64.3 Å². The zero-order valence-electron chi connectivity index (χ0n) is 20.8. The number of amides is 1. The number of hydrogen-bond donors (Lipinski definition) is 1. The number of Topliss-reactive ketones (excluding diaryl/α,β-unsaturated/α-hetero) is 1. The van der Waals surface area contributed by atoms with Gasteiger partial charge in [0.1, 0.15) is 21.7 Å². The number of nitrogens with zero attached hydrogens (tertiary/aromatic N) is 3. The summed E-state index contributed by atoms with van der Waals surface area (Å²) in [6, 6.07) is 17.2. The molecule has 0 radical (unpaired) electrons. The van der Waals surface area contributed by atoms with Crippen molar-refractivity contribution in [2.45, 2.75) is 19.9 Å². The molecule has 1 atom stereocenters. The van der Waals surface area contributed by atoms with Gasteiger partial charge in [-0.25, -0.2) is 0 Å². The number of carbonyl (C=O) groups excluding carboxylic acids is 2. The third-order valence-electron chi connectivity index (χ3n) is 6.28. The van der Waals surface area contributed by atoms with Crippen LogP contribution in [0.2, 0.25) is 0 Å². The molecule has 2 aromatic carbocycles. The maximum absolute atomic E-state index is 13.5. The van der Waals surface area contributed by atoms with Crippen molar-refractivity contribution >= 4 is 46.1 Å². The highest BCUT2D eigenvalue weighted by Gasteiger charge is 2.35. The second-order valence-electron chi connectivity index (χ2n) is 8.54. The summed E-state index contributed by atoms with van der Waals surface area (Å²) in [5.41, 5.74) is 0.360. The molecule has 1 N–H and O–H groups in total. The van der Waals surface area contributed by atoms with Crippen molar-refractivity contribution in [3.63, 3.8) is 0 Å². The molecule has 2 heterocycles. The summed E-state index contributed by atoms with van der Waals surface area (Å²) >= 11 is 6.43. The van der Waals surface area contributed by atoms with Crippen molar-refractivity contribution in [1.82, 2.24) is 9.47 Å². The van der Waals surface area contributed by atoms with E-state index in [9.17, 15) is 24.8 Å². The molecule has 0 bridgehead atoms. The van der Waals surface area contributed by atoms with Crippen LogP contribution in [0.5, 0.6) is 11.6 Å². The molecule has 10 heteroatoms. The average molecular weight is 546 g/mol. The number of ketones is 1. The molecule has 8 nitrogen and oxygen atoms in total. The molecule has 192 valence electrons. The van der Waals surface area contributed by atoms with Gasteiger partial charge in [0.2, 0.25) is 5.88 Å². The zero-order valence-corrected chi connectivity index (χ0v) is 22.4. The van der Waals surface area contributed by atoms with Gasteiger partial charge < -0.3 is 9.84 Å². The fourth-order valence-electron chi connectivity index (χ4n) is 4.21. The molecular formula is C28H23N3O5S2. The zero-order chi connectivity index (χ0) is 27.6. The lowest BCUT2D eigenvalue weighted by Gasteiger charge is -2.22. The maximum Gasteiger partial charge on any atom is 0.272 e. The molecule has 0 saturated carbocycles. The van der Waals surface area contributed by atoms with Gasteiger partial charge in [-0.1, -0.05) is 66.4 Å². The smallest absolute Gasteiger partial charge is 0.272 e. The van der Waals surface area contributed by atoms with Crippen LogP contribution < -0.4 is 10.3 Å². The number of nitriles is 1. The topological polar surface area (TPSA) is 113 Å². The predicted octanol–water partition coefficient (Wildman–Crippen LogP) is 4.44. The lowest BCUT2D eigenvalue weighted by molar-refractivity contribution is -0.121. The molecule has 38 heavy (non-hydrogen) atoms. The maximum atomic E-state index is 13.5. The van der Waals surface area contributed by atoms with Crippen LogP contribution in [0.3, 0.4) is 0 Å². The number of pyridine rings is 1. The summed E-state index contributed by atoms with van der Waals surface area (Å²) in [6.45, 7) is 2.66. The normalized spacial score (nSPS) is 15.0. The van der Waals surface area contributed by atoms with E-state index in [1.165, 1.54) is 6.92 Å². The third kappa shape index (κ3) is 4.98. The van der Waals surface area contributed by atoms with E-state index in [1.54, 1.807) is 68.6 Å². The van der Waals surface area contributed by atoms with Gasteiger partial charge in [-0.3, -0.25) is 23.9 Å². The largest absolute Gasteiger partial charge is 0.497 e. The van der Waals surface area contributed by atoms with Crippen LogP contribution in [0.1, 0.15) is 45.6 Å². The van der Waals surface area contributed by atoms with Crippen LogP contribution in [0.25, 0.3) is 6.08 Å². The molecule has 3 aromatic rings. The molecule has 0 spiro atoms. The average Bonchev–Trinajstić information content (AvgIpc) is 3.17. The van der Waals surface area contributed by atoms with Gasteiger partial charge >= 0.3 is 0 Å². The molecular weight excluding hydrogens is 522 g/mol. The molecule has 1 unspecified atom stereocenters. The Bertz CT molecular complexity index is 1570. The van der Waals surface area contributed by atoms with E-state index in [4.69, 9.17) is 17.0 Å². The number of methoxy groups -OCH3 is 1. The van der Waals surface area contributed by atoms with Crippen LogP contribution >= 0.6 is 24.0 Å². The summed E-state index contributed by atoms with van der Waals surface area (Å²) < 4.78 is 6.37. The first-order valence-electron chi connectivity index (χ1n) is 11.5. The number of carbonyl (C=O) groups is 2. The minimum atomic E-state index is -0.705. The van der Waals surface area contributed by atoms with Gasteiger partial charge in [0, 0.05) is 0 Å². The Morgan fingerprint density at radius 3 is 2.45 bits per heavy atom. The van der Waals surface area contributed by atoms with Gasteiger partial charge in [0.25, 0.3) is 11.5 Å². The van der Waals surface area contributed by atoms with Gasteiger partial charge in [-0.05, 0) is 48.7 Å². The highest BCUT2D eigenvalue weighted by Crippen LogP contribution is 2.34. The van der Waals surface area contributed by atoms with Crippen molar-refractivity contribution in [2.75, 3.05) is 13.7 Å². The highest BCUT2D eigenvalue weighted by atomic mass is 32.2. The summed E-state index contributed by atoms with van der Waals surface area (Å²) in [7, 11) is 1.56. The van der Waals surface area contributed by atoms with Gasteiger partial charge in [0.05, 0.1) is 30.2 Å². The van der Waals surface area contributed by atoms with E-state index in [2.05, 4.69) is 0 Å². The number of rotatable bonds is 7. The van der Waals surface area contributed by atoms with Crippen molar-refractivity contribution in [2.24, 2.45) is 0 Å². The van der Waals surface area contributed by atoms with Crippen LogP contribution in [0, 0.1) is 18.3 Å². The fraction of sp³-hybridized carbons (Fsp3) is 0.179. The number of thioether (sulfide) groups is 1. The Balaban J connectivity index is 1.68. The summed E-state index contributed by atoms with van der Waals surface area (Å²) in [5, 5.41) is 20.8. The Hall–Kier alpha value is -4.20. The Morgan fingerprint density at radius 2 is 1.84 bits per heavy atom. The summed E-state index contributed by atoms with van der Waals surface area (Å²) in [6.07, 6.45) is 1.67. The van der Waals surface area contributed by atoms with E-state index in [0.29, 0.717) is 16.2 Å². The van der Waals surface area contributed by atoms with Crippen molar-refractivity contribution in [1.29, 1.82) is 5.26 Å². The molecule has 0 aliphatic carbocycles. The minimum absolute atomic E-state index is 0.0516. The SMILES string of the molecule is COc1ccc(/C=C2\SC(=S)N(CC(=O)c3c(C)c(C#N)c(=O)n(C(C)c4ccccc4)c3O)C2=O)cc1. The lowest BCUT2D eigenvalue weighted by Crippen LogP contribution is -2.35. The van der Waals surface area contributed by atoms with E-state index in [-0.39, 0.29) is 21.0 Å². The molecule has 1 saturated heterocycles. The first-order valence-corrected chi connectivity index (χ1v) is 12.8. The number of aromatic nitrogens is 1. The van der Waals surface area contributed by atoms with Crippen molar-refractivity contribution < 1.29 is 19.4 Å². The number of hydrogen-bond acceptors (Lipinski definition) is 8. The van der Waals surface area contributed by atoms with E-state index >= 15 is 0 Å². The van der Waals surface area contributed by atoms with E-state index in [1.807, 2.05) is 12.1 Å². The number of ether oxygens (including phenoxy) is 1. The Labute approximate surface area is 228 Å². The Morgan fingerprint density at radius 1 is 1.18 bits per heavy atom. The third-order valence-corrected chi connectivity index (χ3v) is 7.66. The molecule has 1 aromatic heterocycles. The molecule has 1 aliphatic heterocycles. The number of aromatic hydroxyl groups is 1. The second kappa shape index (κ2) is 11.0. The second-order valence-corrected chi connectivity index (χ2v) is 10.2. The lowest BCUT2D eigenvalue weighted by atomic mass is 9.99. The molecule has 1 aliphatic rings. The standard InChI is InChI=1S/C28H23N3O5S2/c1-16-21(14-29)25(33)31(17(2)19-7-5-4-6-8-19)27(35)24(16)22(32)15-30-26(34)23(38-28(30)37)13-18-9-11-20(36-3)12-10-18/h4-13,17,35H,15H2,1-3H3/b23-13-. The van der Waals surface area contributed by atoms with Gasteiger partial charge in [-0.2, -0.15) is 5.26 Å². The number of thiocarbonyl (C=S) groups is 1. The van der Waals surface area contributed by atoms with E-state index < -0.39 is 35.7 Å². The quantitative estimate of drug-likeness (QED) is 0.264. The van der Waals surface area contributed by atoms with Crippen LogP contribution in [-0.2, 0) is 4.79 Å². The minimum Gasteiger partial charge on any atom is -0.497 e. The summed E-state index contributed by atoms with van der Waals surface area (Å²) in [4.78, 5) is 41.2. The van der Waals surface area contributed by atoms with Crippen LogP contribution in [-0.4, -0.2) is 44.2 Å². The Kier molecular flexibility index (Phi) is 7.80. The van der Waals surface area contributed by atoms with Crippen molar-refractivity contribution in [3.05, 3.63) is 97.7 Å². The predicted molar refractivity (Wildman–Crippen MR) is 149 cm³/mol. The fourth-order valence-corrected chi connectivity index (χ4v) is 5.46. The monoisotopic (exact) mass is 545 g/mol. The van der Waals surface area contributed by atoms with Crippen LogP contribution in [0.4, 0.5) is 0 Å². The molecule has 1 amide bonds. The first-order chi connectivity index (χ1) is 18.2. The first kappa shape index (κ1) is 26.9. The summed E-state index contributed by atoms with van der Waals surface area (Å²) in [5.74, 6) is -0.984.